The molecule has 1 saturated carbocycles. The molecule has 2 aliphatic rings. The lowest BCUT2D eigenvalue weighted by Gasteiger charge is -1.98. The zero-order valence-corrected chi connectivity index (χ0v) is 9.66. The average Bonchev–Trinajstić information content (AvgIpc) is 2.54. The van der Waals surface area contributed by atoms with Gasteiger partial charge in [0.05, 0.1) is 0 Å². The van der Waals surface area contributed by atoms with E-state index in [9.17, 15) is 0 Å². The highest BCUT2D eigenvalue weighted by atomic mass is 32.1. The van der Waals surface area contributed by atoms with Crippen molar-refractivity contribution in [1.82, 2.24) is 0 Å². The third-order valence-corrected chi connectivity index (χ3v) is 5.30. The fraction of sp³-hybridized carbons (Fsp3) is 0.667. The Bertz CT molecular complexity index is 356. The molecular weight excluding hydrogens is 190 g/mol. The smallest absolute Gasteiger partial charge is 0.0180 e. The Morgan fingerprint density at radius 2 is 2.14 bits per heavy atom. The number of fused-ring (bicyclic) bond motifs is 1. The van der Waals surface area contributed by atoms with Crippen LogP contribution in [0, 0.1) is 5.41 Å². The highest BCUT2D eigenvalue weighted by Gasteiger charge is 2.56. The van der Waals surface area contributed by atoms with Crippen LogP contribution in [0.5, 0.6) is 0 Å². The maximum atomic E-state index is 6.10. The molecule has 0 aromatic carbocycles. The first-order valence-electron chi connectivity index (χ1n) is 5.48. The zero-order chi connectivity index (χ0) is 9.92. The molecule has 0 spiro atoms. The Labute approximate surface area is 89.3 Å². The Morgan fingerprint density at radius 1 is 1.43 bits per heavy atom. The van der Waals surface area contributed by atoms with E-state index in [1.807, 2.05) is 11.3 Å². The quantitative estimate of drug-likeness (QED) is 0.753. The molecule has 0 unspecified atom stereocenters. The predicted molar refractivity (Wildman–Crippen MR) is 60.8 cm³/mol. The van der Waals surface area contributed by atoms with Crippen molar-refractivity contribution in [1.29, 1.82) is 0 Å². The Hall–Kier alpha value is -0.340. The molecule has 1 fully saturated rings. The van der Waals surface area contributed by atoms with E-state index in [4.69, 9.17) is 5.73 Å². The summed E-state index contributed by atoms with van der Waals surface area (Å²) in [6.45, 7) is 4.57. The van der Waals surface area contributed by atoms with Crippen molar-refractivity contribution >= 4 is 11.3 Å². The number of rotatable bonds is 1. The Balaban J connectivity index is 1.93. The first kappa shape index (κ1) is 8.93. The summed E-state index contributed by atoms with van der Waals surface area (Å²) in [5.41, 5.74) is 8.06. The van der Waals surface area contributed by atoms with Crippen LogP contribution in [0.4, 0.5) is 0 Å². The van der Waals surface area contributed by atoms with Gasteiger partial charge < -0.3 is 5.73 Å². The molecule has 0 amide bonds. The van der Waals surface area contributed by atoms with Gasteiger partial charge in [0, 0.05) is 21.7 Å². The van der Waals surface area contributed by atoms with Crippen molar-refractivity contribution < 1.29 is 0 Å². The first-order chi connectivity index (χ1) is 6.60. The van der Waals surface area contributed by atoms with Crippen LogP contribution in [-0.2, 0) is 12.8 Å². The summed E-state index contributed by atoms with van der Waals surface area (Å²) in [4.78, 5) is 3.18. The van der Waals surface area contributed by atoms with Gasteiger partial charge in [-0.2, -0.15) is 0 Å². The van der Waals surface area contributed by atoms with Crippen LogP contribution >= 0.6 is 11.3 Å². The molecule has 2 aliphatic carbocycles. The third kappa shape index (κ3) is 1.04. The van der Waals surface area contributed by atoms with E-state index in [2.05, 4.69) is 19.9 Å². The number of hydrogen-bond donors (Lipinski definition) is 1. The minimum absolute atomic E-state index is 0.346. The van der Waals surface area contributed by atoms with Gasteiger partial charge in [0.25, 0.3) is 0 Å². The van der Waals surface area contributed by atoms with Gasteiger partial charge in [0.2, 0.25) is 0 Å². The second-order valence-electron chi connectivity index (χ2n) is 5.28. The van der Waals surface area contributed by atoms with E-state index in [1.165, 1.54) is 19.3 Å². The van der Waals surface area contributed by atoms with Crippen LogP contribution in [0.1, 0.15) is 41.5 Å². The molecule has 1 aromatic rings. The molecule has 0 bridgehead atoms. The lowest BCUT2D eigenvalue weighted by Crippen LogP contribution is -2.06. The molecule has 0 radical (unpaired) electrons. The number of thiophene rings is 1. The van der Waals surface area contributed by atoms with Gasteiger partial charge in [-0.25, -0.2) is 0 Å². The van der Waals surface area contributed by atoms with Gasteiger partial charge in [0.15, 0.2) is 0 Å². The monoisotopic (exact) mass is 207 g/mol. The minimum atomic E-state index is 0.346. The summed E-state index contributed by atoms with van der Waals surface area (Å²) in [5.74, 6) is 0.637. The van der Waals surface area contributed by atoms with Crippen molar-refractivity contribution in [3.05, 3.63) is 21.4 Å². The van der Waals surface area contributed by atoms with E-state index < -0.39 is 0 Å². The van der Waals surface area contributed by atoms with Crippen molar-refractivity contribution in [2.45, 2.75) is 45.1 Å². The molecule has 1 nitrogen and oxygen atoms in total. The average molecular weight is 207 g/mol. The van der Waals surface area contributed by atoms with Crippen LogP contribution in [0.2, 0.25) is 0 Å². The van der Waals surface area contributed by atoms with Gasteiger partial charge in [-0.05, 0) is 36.3 Å². The normalized spacial score (nSPS) is 33.1. The molecule has 2 heteroatoms. The number of hydrogen-bond acceptors (Lipinski definition) is 2. The van der Waals surface area contributed by atoms with Gasteiger partial charge >= 0.3 is 0 Å². The molecule has 2 atom stereocenters. The van der Waals surface area contributed by atoms with Gasteiger partial charge in [-0.15, -0.1) is 11.3 Å². The lowest BCUT2D eigenvalue weighted by atomic mass is 10.1. The van der Waals surface area contributed by atoms with Crippen LogP contribution in [-0.4, -0.2) is 6.04 Å². The van der Waals surface area contributed by atoms with Crippen LogP contribution in [0.15, 0.2) is 6.07 Å². The van der Waals surface area contributed by atoms with Crippen molar-refractivity contribution in [2.24, 2.45) is 11.1 Å². The fourth-order valence-electron chi connectivity index (χ4n) is 2.73. The van der Waals surface area contributed by atoms with E-state index in [-0.39, 0.29) is 0 Å². The number of nitrogens with two attached hydrogens (primary N) is 1. The highest BCUT2D eigenvalue weighted by molar-refractivity contribution is 7.12. The Kier molecular flexibility index (Phi) is 1.67. The van der Waals surface area contributed by atoms with Gasteiger partial charge in [-0.1, -0.05) is 13.8 Å². The molecule has 0 saturated heterocycles. The summed E-state index contributed by atoms with van der Waals surface area (Å²) < 4.78 is 0. The maximum Gasteiger partial charge on any atom is 0.0180 e. The highest BCUT2D eigenvalue weighted by Crippen LogP contribution is 2.59. The van der Waals surface area contributed by atoms with Crippen molar-refractivity contribution in [3.63, 3.8) is 0 Å². The van der Waals surface area contributed by atoms with E-state index in [0.29, 0.717) is 17.4 Å². The second kappa shape index (κ2) is 2.61. The summed E-state index contributed by atoms with van der Waals surface area (Å²) in [6.07, 6.45) is 3.97. The Morgan fingerprint density at radius 3 is 2.71 bits per heavy atom. The topological polar surface area (TPSA) is 26.0 Å². The summed E-state index contributed by atoms with van der Waals surface area (Å²) >= 11 is 2.02. The van der Waals surface area contributed by atoms with E-state index in [1.54, 1.807) is 15.3 Å². The summed E-state index contributed by atoms with van der Waals surface area (Å²) in [7, 11) is 0. The van der Waals surface area contributed by atoms with Crippen molar-refractivity contribution in [3.8, 4) is 0 Å². The SMILES string of the molecule is CC1(C)[C@@H](N)[C@@H]1c1cc2c(s1)CCC2. The molecule has 3 rings (SSSR count). The minimum Gasteiger partial charge on any atom is -0.327 e. The van der Waals surface area contributed by atoms with Gasteiger partial charge in [-0.3, -0.25) is 0 Å². The molecule has 76 valence electrons. The molecule has 1 heterocycles. The largest absolute Gasteiger partial charge is 0.327 e. The standard InChI is InChI=1S/C12H17NS/c1-12(2)10(11(12)13)9-6-7-4-3-5-8(7)14-9/h6,10-11H,3-5,13H2,1-2H3/t10-,11-/m0/s1. The van der Waals surface area contributed by atoms with Crippen LogP contribution in [0.3, 0.4) is 0 Å². The summed E-state index contributed by atoms with van der Waals surface area (Å²) in [6, 6.07) is 2.81. The lowest BCUT2D eigenvalue weighted by molar-refractivity contribution is 0.601. The van der Waals surface area contributed by atoms with Gasteiger partial charge in [0.1, 0.15) is 0 Å². The fourth-order valence-corrected chi connectivity index (χ4v) is 4.33. The zero-order valence-electron chi connectivity index (χ0n) is 8.84. The van der Waals surface area contributed by atoms with Crippen LogP contribution < -0.4 is 5.73 Å². The molecule has 0 aliphatic heterocycles. The molecule has 14 heavy (non-hydrogen) atoms. The summed E-state index contributed by atoms with van der Waals surface area (Å²) in [5, 5.41) is 0. The van der Waals surface area contributed by atoms with E-state index >= 15 is 0 Å². The maximum absolute atomic E-state index is 6.10. The predicted octanol–water partition coefficient (Wildman–Crippen LogP) is 2.69. The molecule has 1 aromatic heterocycles. The van der Waals surface area contributed by atoms with Crippen LogP contribution in [0.25, 0.3) is 0 Å². The first-order valence-corrected chi connectivity index (χ1v) is 6.29. The van der Waals surface area contributed by atoms with E-state index in [0.717, 1.165) is 0 Å². The molecule has 2 N–H and O–H groups in total. The number of aryl methyl sites for hydroxylation is 2. The van der Waals surface area contributed by atoms with Crippen molar-refractivity contribution in [2.75, 3.05) is 0 Å². The second-order valence-corrected chi connectivity index (χ2v) is 6.44. The third-order valence-electron chi connectivity index (χ3n) is 3.98. The molecular formula is C12H17NS.